The van der Waals surface area contributed by atoms with Crippen LogP contribution < -0.4 is 19.8 Å². The smallest absolute Gasteiger partial charge is 0.260 e. The van der Waals surface area contributed by atoms with Gasteiger partial charge in [0.15, 0.2) is 6.61 Å². The molecule has 2 aromatic carbocycles. The summed E-state index contributed by atoms with van der Waals surface area (Å²) in [5, 5.41) is 6.85. The minimum atomic E-state index is -3.75. The molecule has 1 atom stereocenters. The van der Waals surface area contributed by atoms with Crippen LogP contribution in [0, 0.1) is 0 Å². The molecule has 0 spiro atoms. The Kier molecular flexibility index (Phi) is 9.47. The number of para-hydroxylation sites is 1. The number of hydrogen-bond donors (Lipinski definition) is 2. The highest BCUT2D eigenvalue weighted by Gasteiger charge is 2.22. The first-order valence-corrected chi connectivity index (χ1v) is 13.1. The molecule has 0 bridgehead atoms. The number of sulfonamides is 1. The Hall–Kier alpha value is -3.15. The number of nitrogens with one attached hydrogen (secondary N) is 2. The highest BCUT2D eigenvalue weighted by molar-refractivity contribution is 7.92. The predicted octanol–water partition coefficient (Wildman–Crippen LogP) is 1.93. The van der Waals surface area contributed by atoms with Gasteiger partial charge in [-0.25, -0.2) is 13.8 Å². The van der Waals surface area contributed by atoms with E-state index in [0.29, 0.717) is 17.9 Å². The first-order valence-electron chi connectivity index (χ1n) is 10.9. The monoisotopic (exact) mass is 522 g/mol. The fourth-order valence-electron chi connectivity index (χ4n) is 3.26. The number of benzene rings is 2. The second kappa shape index (κ2) is 12.5. The van der Waals surface area contributed by atoms with Gasteiger partial charge in [-0.1, -0.05) is 23.7 Å². The molecule has 2 amide bonds. The number of hydrazone groups is 1. The van der Waals surface area contributed by atoms with Gasteiger partial charge in [-0.15, -0.1) is 0 Å². The maximum Gasteiger partial charge on any atom is 0.260 e. The van der Waals surface area contributed by atoms with Crippen molar-refractivity contribution in [3.63, 3.8) is 0 Å². The Bertz CT molecular complexity index is 1150. The second-order valence-corrected chi connectivity index (χ2v) is 10.1. The van der Waals surface area contributed by atoms with Crippen LogP contribution in [0.5, 0.6) is 5.75 Å². The van der Waals surface area contributed by atoms with Crippen molar-refractivity contribution >= 4 is 45.3 Å². The van der Waals surface area contributed by atoms with Gasteiger partial charge < -0.3 is 14.8 Å². The number of halogens is 1. The van der Waals surface area contributed by atoms with E-state index in [0.717, 1.165) is 30.0 Å². The van der Waals surface area contributed by atoms with Crippen LogP contribution in [0.2, 0.25) is 5.02 Å². The van der Waals surface area contributed by atoms with Gasteiger partial charge >= 0.3 is 0 Å². The highest BCUT2D eigenvalue weighted by Crippen LogP contribution is 2.26. The predicted molar refractivity (Wildman–Crippen MR) is 133 cm³/mol. The van der Waals surface area contributed by atoms with Crippen LogP contribution in [-0.2, 0) is 24.3 Å². The molecule has 0 radical (unpaired) electrons. The lowest BCUT2D eigenvalue weighted by Gasteiger charge is -2.22. The molecule has 2 aromatic rings. The molecule has 3 rings (SSSR count). The molecule has 1 fully saturated rings. The van der Waals surface area contributed by atoms with E-state index in [1.807, 2.05) is 0 Å². The van der Waals surface area contributed by atoms with Crippen molar-refractivity contribution < 1.29 is 27.5 Å². The maximum absolute atomic E-state index is 12.3. The van der Waals surface area contributed by atoms with Crippen LogP contribution in [0.25, 0.3) is 0 Å². The molecule has 188 valence electrons. The van der Waals surface area contributed by atoms with Crippen molar-refractivity contribution in [2.75, 3.05) is 36.9 Å². The third-order valence-corrected chi connectivity index (χ3v) is 6.46. The number of carbonyl (C=O) groups excluding carboxylic acids is 2. The van der Waals surface area contributed by atoms with Gasteiger partial charge in [-0.2, -0.15) is 5.10 Å². The van der Waals surface area contributed by atoms with Gasteiger partial charge in [0.2, 0.25) is 10.0 Å². The lowest BCUT2D eigenvalue weighted by molar-refractivity contribution is -0.123. The summed E-state index contributed by atoms with van der Waals surface area (Å²) in [5.41, 5.74) is 3.16. The second-order valence-electron chi connectivity index (χ2n) is 7.81. The first kappa shape index (κ1) is 26.5. The quantitative estimate of drug-likeness (QED) is 0.343. The number of ether oxygens (including phenoxy) is 2. The average molecular weight is 523 g/mol. The summed E-state index contributed by atoms with van der Waals surface area (Å²) in [6.45, 7) is 0.613. The van der Waals surface area contributed by atoms with Gasteiger partial charge in [0.1, 0.15) is 12.3 Å². The van der Waals surface area contributed by atoms with Crippen LogP contribution in [0.1, 0.15) is 18.4 Å². The molecule has 1 saturated heterocycles. The maximum atomic E-state index is 12.3. The molecule has 0 aromatic heterocycles. The average Bonchev–Trinajstić information content (AvgIpc) is 3.34. The number of amides is 2. The van der Waals surface area contributed by atoms with Crippen LogP contribution in [-0.4, -0.2) is 65.1 Å². The van der Waals surface area contributed by atoms with Gasteiger partial charge in [-0.3, -0.25) is 13.9 Å². The summed E-state index contributed by atoms with van der Waals surface area (Å²) >= 11 is 6.08. The molecule has 1 aliphatic heterocycles. The van der Waals surface area contributed by atoms with Crippen LogP contribution in [0.4, 0.5) is 5.69 Å². The zero-order chi connectivity index (χ0) is 25.3. The minimum absolute atomic E-state index is 0.0728. The van der Waals surface area contributed by atoms with E-state index in [4.69, 9.17) is 21.1 Å². The van der Waals surface area contributed by atoms with Crippen molar-refractivity contribution in [1.29, 1.82) is 0 Å². The molecule has 1 aliphatic rings. The summed E-state index contributed by atoms with van der Waals surface area (Å²) in [6.07, 6.45) is 4.42. The largest absolute Gasteiger partial charge is 0.484 e. The van der Waals surface area contributed by atoms with Crippen molar-refractivity contribution in [3.05, 3.63) is 59.1 Å². The SMILES string of the molecule is CS(=O)(=O)N(CC(=O)N/N=C\c1ccc(OCC(=O)NC[C@H]2CCCO2)cc1)c1ccccc1Cl. The van der Waals surface area contributed by atoms with Crippen LogP contribution in [0.3, 0.4) is 0 Å². The zero-order valence-corrected chi connectivity index (χ0v) is 20.7. The molecule has 35 heavy (non-hydrogen) atoms. The molecule has 0 unspecified atom stereocenters. The van der Waals surface area contributed by atoms with Crippen molar-refractivity contribution in [2.24, 2.45) is 5.10 Å². The molecule has 12 heteroatoms. The molecule has 1 heterocycles. The molecule has 10 nitrogen and oxygen atoms in total. The topological polar surface area (TPSA) is 126 Å². The Morgan fingerprint density at radius 3 is 2.60 bits per heavy atom. The van der Waals surface area contributed by atoms with Gasteiger partial charge in [0.05, 0.1) is 29.3 Å². The Labute approximate surface area is 209 Å². The van der Waals surface area contributed by atoms with Gasteiger partial charge in [-0.05, 0) is 54.8 Å². The molecular weight excluding hydrogens is 496 g/mol. The standard InChI is InChI=1S/C23H27ClN4O6S/c1-35(31,32)28(21-7-3-2-6-20(21)24)15-22(29)27-26-13-17-8-10-18(11-9-17)34-16-23(30)25-14-19-5-4-12-33-19/h2-3,6-11,13,19H,4-5,12,14-16H2,1H3,(H,25,30)(H,27,29)/b26-13-/t19-/m1/s1. The Morgan fingerprint density at radius 1 is 1.20 bits per heavy atom. The van der Waals surface area contributed by atoms with E-state index in [1.54, 1.807) is 36.4 Å². The third kappa shape index (κ3) is 8.53. The molecule has 0 saturated carbocycles. The van der Waals surface area contributed by atoms with Gasteiger partial charge in [0.25, 0.3) is 11.8 Å². The number of carbonyl (C=O) groups is 2. The number of hydrogen-bond acceptors (Lipinski definition) is 7. The normalized spacial score (nSPS) is 15.7. The lowest BCUT2D eigenvalue weighted by atomic mass is 10.2. The highest BCUT2D eigenvalue weighted by atomic mass is 35.5. The first-order chi connectivity index (χ1) is 16.7. The number of anilines is 1. The van der Waals surface area contributed by atoms with E-state index in [9.17, 15) is 18.0 Å². The zero-order valence-electron chi connectivity index (χ0n) is 19.1. The summed E-state index contributed by atoms with van der Waals surface area (Å²) in [7, 11) is -3.75. The Morgan fingerprint density at radius 2 is 1.94 bits per heavy atom. The number of rotatable bonds is 11. The summed E-state index contributed by atoms with van der Waals surface area (Å²) < 4.78 is 36.1. The molecule has 2 N–H and O–H groups in total. The fraction of sp³-hybridized carbons (Fsp3) is 0.348. The van der Waals surface area contributed by atoms with E-state index < -0.39 is 22.5 Å². The van der Waals surface area contributed by atoms with Crippen molar-refractivity contribution in [1.82, 2.24) is 10.7 Å². The van der Waals surface area contributed by atoms with Gasteiger partial charge in [0, 0.05) is 13.2 Å². The van der Waals surface area contributed by atoms with E-state index in [-0.39, 0.29) is 29.3 Å². The van der Waals surface area contributed by atoms with E-state index in [2.05, 4.69) is 15.8 Å². The minimum Gasteiger partial charge on any atom is -0.484 e. The van der Waals surface area contributed by atoms with Crippen LogP contribution >= 0.6 is 11.6 Å². The molecule has 0 aliphatic carbocycles. The van der Waals surface area contributed by atoms with E-state index in [1.165, 1.54) is 18.3 Å². The molecular formula is C23H27ClN4O6S. The lowest BCUT2D eigenvalue weighted by Crippen LogP contribution is -2.39. The fourth-order valence-corrected chi connectivity index (χ4v) is 4.42. The van der Waals surface area contributed by atoms with E-state index >= 15 is 0 Å². The van der Waals surface area contributed by atoms with Crippen molar-refractivity contribution in [3.8, 4) is 5.75 Å². The van der Waals surface area contributed by atoms with Crippen LogP contribution in [0.15, 0.2) is 53.6 Å². The summed E-state index contributed by atoms with van der Waals surface area (Å²) in [4.78, 5) is 24.2. The summed E-state index contributed by atoms with van der Waals surface area (Å²) in [5.74, 6) is -0.365. The number of nitrogens with zero attached hydrogens (tertiary/aromatic N) is 2. The third-order valence-electron chi connectivity index (χ3n) is 5.01. The van der Waals surface area contributed by atoms with Crippen molar-refractivity contribution in [2.45, 2.75) is 18.9 Å². The summed E-state index contributed by atoms with van der Waals surface area (Å²) in [6, 6.07) is 13.1. The Balaban J connectivity index is 1.46.